The molecule has 4 heterocycles. The van der Waals surface area contributed by atoms with E-state index in [1.807, 2.05) is 62.4 Å². The zero-order valence-electron chi connectivity index (χ0n) is 26.0. The fraction of sp³-hybridized carbons (Fsp3) is 0.152. The average Bonchev–Trinajstić information content (AvgIpc) is 3.78. The van der Waals surface area contributed by atoms with Crippen LogP contribution in [0.4, 0.5) is 4.39 Å². The second kappa shape index (κ2) is 14.0. The maximum Gasteiger partial charge on any atom is 0.366 e. The second-order valence-electron chi connectivity index (χ2n) is 10.6. The molecular weight excluding hydrogens is 660 g/mol. The number of carboxylic acids is 2. The molecule has 4 N–H and O–H groups in total. The highest BCUT2D eigenvalue weighted by molar-refractivity contribution is 7.20. The van der Waals surface area contributed by atoms with Gasteiger partial charge in [0.2, 0.25) is 0 Å². The van der Waals surface area contributed by atoms with Crippen molar-refractivity contribution in [2.75, 3.05) is 0 Å². The Morgan fingerprint density at radius 3 is 1.46 bits per heavy atom. The number of para-hydroxylation sites is 2. The summed E-state index contributed by atoms with van der Waals surface area (Å²) in [6.07, 6.45) is 0. The molecule has 0 bridgehead atoms. The van der Waals surface area contributed by atoms with Gasteiger partial charge in [-0.1, -0.05) is 45.8 Å². The summed E-state index contributed by atoms with van der Waals surface area (Å²) in [5.74, 6) is -3.30. The normalized spacial score (nSPS) is 10.9. The van der Waals surface area contributed by atoms with Gasteiger partial charge in [0.15, 0.2) is 0 Å². The first-order chi connectivity index (χ1) is 22.8. The summed E-state index contributed by atoms with van der Waals surface area (Å²) in [4.78, 5) is 52.5. The number of hydrogen-bond acceptors (Lipinski definition) is 8. The minimum absolute atomic E-state index is 0.283. The lowest BCUT2D eigenvalue weighted by molar-refractivity contribution is -0.335. The fourth-order valence-corrected chi connectivity index (χ4v) is 7.16. The molecule has 0 aliphatic rings. The maximum absolute atomic E-state index is 14.1. The molecule has 0 radical (unpaired) electrons. The minimum atomic E-state index is -1.08. The molecule has 7 rings (SSSR count). The summed E-state index contributed by atoms with van der Waals surface area (Å²) in [5, 5.41) is 25.4. The number of H-pyrrole nitrogens is 4. The van der Waals surface area contributed by atoms with E-state index >= 15 is 0 Å². The van der Waals surface area contributed by atoms with Crippen molar-refractivity contribution in [3.05, 3.63) is 127 Å². The van der Waals surface area contributed by atoms with Crippen LogP contribution in [0.2, 0.25) is 0 Å². The number of hydrogen-bond donors (Lipinski definition) is 2. The molecule has 0 saturated carbocycles. The Balaban J connectivity index is 0.000000510. The molecular formula is C33H29FN6O6S2. The molecule has 0 unspecified atom stereocenters. The Morgan fingerprint density at radius 2 is 1.08 bits per heavy atom. The third-order valence-electron chi connectivity index (χ3n) is 7.09. The van der Waals surface area contributed by atoms with Crippen LogP contribution in [-0.2, 0) is 9.59 Å². The van der Waals surface area contributed by atoms with Crippen LogP contribution in [0.15, 0.2) is 82.4 Å². The first-order valence-corrected chi connectivity index (χ1v) is 16.0. The van der Waals surface area contributed by atoms with E-state index in [-0.39, 0.29) is 11.1 Å². The summed E-state index contributed by atoms with van der Waals surface area (Å²) in [5.41, 5.74) is 3.98. The number of fused-ring (bicyclic) bond motifs is 2. The quantitative estimate of drug-likeness (QED) is 0.279. The predicted octanol–water partition coefficient (Wildman–Crippen LogP) is 2.15. The number of aryl methyl sites for hydroxylation is 2. The van der Waals surface area contributed by atoms with E-state index in [1.165, 1.54) is 44.2 Å². The standard InChI is InChI=1S/C29H21FN6O2S2.2C2H4O2/c1-15-23(26(37)35(33-15)28-31-19-7-3-5-9-21(19)39-28)25(17-11-13-18(30)14-12-17)24-16(2)34-36(27(24)38)29-32-20-8-4-6-10-22(20)40-29;2*1-2(3)4/h3-14,25,33-34H,1-2H3;2*1H3,(H,3,4). The van der Waals surface area contributed by atoms with E-state index < -0.39 is 23.7 Å². The maximum atomic E-state index is 14.1. The van der Waals surface area contributed by atoms with E-state index in [4.69, 9.17) is 19.8 Å². The third kappa shape index (κ3) is 7.01. The van der Waals surface area contributed by atoms with E-state index in [0.717, 1.165) is 34.3 Å². The van der Waals surface area contributed by atoms with Gasteiger partial charge in [0.05, 0.1) is 37.8 Å². The van der Waals surface area contributed by atoms with Crippen LogP contribution >= 0.6 is 22.7 Å². The summed E-state index contributed by atoms with van der Waals surface area (Å²) in [6, 6.07) is 21.6. The van der Waals surface area contributed by atoms with Crippen LogP contribution in [-0.4, -0.2) is 31.5 Å². The van der Waals surface area contributed by atoms with E-state index in [0.29, 0.717) is 38.3 Å². The number of aliphatic carboxylic acids is 2. The monoisotopic (exact) mass is 688 g/mol. The number of carboxylic acid groups (broad SMARTS) is 2. The molecule has 0 aliphatic heterocycles. The fourth-order valence-electron chi connectivity index (χ4n) is 5.23. The molecule has 0 atom stereocenters. The van der Waals surface area contributed by atoms with Crippen molar-refractivity contribution in [3.63, 3.8) is 0 Å². The number of carbonyl (C=O) groups excluding carboxylic acids is 2. The number of halogens is 1. The third-order valence-corrected chi connectivity index (χ3v) is 9.20. The molecule has 15 heteroatoms. The molecule has 4 aromatic heterocycles. The largest absolute Gasteiger partial charge is 0.550 e. The van der Waals surface area contributed by atoms with Crippen molar-refractivity contribution >= 4 is 55.0 Å². The van der Waals surface area contributed by atoms with Crippen molar-refractivity contribution in [3.8, 4) is 10.3 Å². The van der Waals surface area contributed by atoms with Crippen molar-refractivity contribution in [1.29, 1.82) is 0 Å². The highest BCUT2D eigenvalue weighted by Gasteiger charge is 2.35. The van der Waals surface area contributed by atoms with Crippen molar-refractivity contribution < 1.29 is 34.2 Å². The van der Waals surface area contributed by atoms with Crippen LogP contribution in [0.25, 0.3) is 30.7 Å². The number of nitrogens with zero attached hydrogens (tertiary/aromatic N) is 2. The van der Waals surface area contributed by atoms with Gasteiger partial charge in [-0.2, -0.15) is 0 Å². The van der Waals surface area contributed by atoms with Crippen LogP contribution < -0.4 is 31.3 Å². The number of thiazole rings is 2. The lowest BCUT2D eigenvalue weighted by Crippen LogP contribution is -2.27. The zero-order valence-corrected chi connectivity index (χ0v) is 27.7. The summed E-state index contributed by atoms with van der Waals surface area (Å²) in [7, 11) is 0. The molecule has 246 valence electrons. The van der Waals surface area contributed by atoms with Crippen molar-refractivity contribution in [2.24, 2.45) is 0 Å². The molecule has 3 aromatic carbocycles. The number of benzene rings is 3. The molecule has 0 saturated heterocycles. The van der Waals surface area contributed by atoms with Gasteiger partial charge in [0, 0.05) is 11.9 Å². The van der Waals surface area contributed by atoms with Gasteiger partial charge >= 0.3 is 21.4 Å². The SMILES string of the molecule is CC(=O)[O-].CC(=O)[O-].Cc1[nH]n(-c2[nH+]c3ccccc3s2)c(=O)c1C(c1ccc(F)cc1)c1c(C)[nH]n(-c2[nH+]c3ccccc3s2)c1=O. The molecule has 0 aliphatic carbocycles. The van der Waals surface area contributed by atoms with Crippen LogP contribution in [0.5, 0.6) is 0 Å². The molecule has 0 amide bonds. The number of carbonyl (C=O) groups is 2. The Hall–Kier alpha value is -5.67. The van der Waals surface area contributed by atoms with Crippen LogP contribution in [0, 0.1) is 19.7 Å². The average molecular weight is 689 g/mol. The van der Waals surface area contributed by atoms with Crippen molar-refractivity contribution in [2.45, 2.75) is 33.6 Å². The number of aromatic nitrogens is 6. The lowest BCUT2D eigenvalue weighted by atomic mass is 9.85. The zero-order chi connectivity index (χ0) is 34.7. The topological polar surface area (TPSA) is 184 Å². The second-order valence-corrected chi connectivity index (χ2v) is 12.7. The molecule has 48 heavy (non-hydrogen) atoms. The highest BCUT2D eigenvalue weighted by atomic mass is 32.1. The van der Waals surface area contributed by atoms with Gasteiger partial charge in [0.1, 0.15) is 16.9 Å². The van der Waals surface area contributed by atoms with Crippen molar-refractivity contribution in [1.82, 2.24) is 19.6 Å². The Kier molecular flexibility index (Phi) is 9.82. The van der Waals surface area contributed by atoms with Gasteiger partial charge in [-0.3, -0.25) is 0 Å². The van der Waals surface area contributed by atoms with E-state index in [2.05, 4.69) is 20.2 Å². The van der Waals surface area contributed by atoms with Crippen LogP contribution in [0.1, 0.15) is 47.8 Å². The van der Waals surface area contributed by atoms with Gasteiger partial charge in [-0.25, -0.2) is 34.1 Å². The van der Waals surface area contributed by atoms with Gasteiger partial charge in [-0.05, 0) is 92.3 Å². The predicted molar refractivity (Wildman–Crippen MR) is 175 cm³/mol. The van der Waals surface area contributed by atoms with Crippen LogP contribution in [0.3, 0.4) is 0 Å². The first-order valence-electron chi connectivity index (χ1n) is 14.4. The number of aromatic amines is 4. The Bertz CT molecular complexity index is 2160. The molecule has 7 aromatic rings. The first kappa shape index (κ1) is 33.7. The molecule has 0 spiro atoms. The number of nitrogens with one attached hydrogen (secondary N) is 4. The minimum Gasteiger partial charge on any atom is -0.550 e. The lowest BCUT2D eigenvalue weighted by Gasteiger charge is -2.14. The summed E-state index contributed by atoms with van der Waals surface area (Å²) >= 11 is 2.91. The highest BCUT2D eigenvalue weighted by Crippen LogP contribution is 2.33. The van der Waals surface area contributed by atoms with E-state index in [1.54, 1.807) is 12.1 Å². The smallest absolute Gasteiger partial charge is 0.366 e. The Labute approximate surface area is 279 Å². The Morgan fingerprint density at radius 1 is 0.708 bits per heavy atom. The summed E-state index contributed by atoms with van der Waals surface area (Å²) in [6.45, 7) is 5.58. The van der Waals surface area contributed by atoms with Gasteiger partial charge in [-0.15, -0.1) is 0 Å². The van der Waals surface area contributed by atoms with Gasteiger partial charge in [0.25, 0.3) is 0 Å². The molecule has 0 fully saturated rings. The molecule has 12 nitrogen and oxygen atoms in total. The summed E-state index contributed by atoms with van der Waals surface area (Å²) < 4.78 is 19.0. The van der Waals surface area contributed by atoms with E-state index in [9.17, 15) is 14.0 Å². The van der Waals surface area contributed by atoms with Gasteiger partial charge < -0.3 is 19.8 Å². The number of rotatable bonds is 5.